The van der Waals surface area contributed by atoms with Crippen LogP contribution < -0.4 is 19.6 Å². The Morgan fingerprint density at radius 1 is 0.871 bits per heavy atom. The Bertz CT molecular complexity index is 2760. The van der Waals surface area contributed by atoms with Gasteiger partial charge in [0.25, 0.3) is 6.43 Å². The summed E-state index contributed by atoms with van der Waals surface area (Å²) >= 11 is 6.43. The summed E-state index contributed by atoms with van der Waals surface area (Å²) in [4.78, 5) is 27.1. The molecular formula is C55H66ClF2N11O. The quantitative estimate of drug-likeness (QED) is 0.143. The molecule has 70 heavy (non-hydrogen) atoms. The Kier molecular flexibility index (Phi) is 12.8. The number of aromatic nitrogens is 4. The van der Waals surface area contributed by atoms with E-state index in [2.05, 4.69) is 77.6 Å². The summed E-state index contributed by atoms with van der Waals surface area (Å²) in [6, 6.07) is 21.7. The maximum Gasteiger partial charge on any atom is 0.264 e. The second-order valence-electron chi connectivity index (χ2n) is 21.1. The standard InChI is InChI=1S/C55H66ClF2N11O/c1-37-55(19-28-67(37)46-7-6-41(32-59)50(56)30-46)17-26-65(27-18-55)44-10-8-43(9-11-44)64-23-12-39(13-24-64)34-63-21-14-45(15-22-63)69-51-16-25-66(38(2)70)36-49(51)54(61-69)68-20-4-5-40-29-47(42-33-60-62(3)35-42)48(53(57)58)31-52(40)68/h6-11,29-31,33,35,37,39,45,53H,4-5,12-28,34,36H2,1-3H3. The first-order chi connectivity index (χ1) is 33.9. The minimum absolute atomic E-state index is 0.00740. The number of piperidine rings is 3. The third kappa shape index (κ3) is 8.79. The molecule has 1 unspecified atom stereocenters. The number of likely N-dealkylation sites (tertiary alicyclic amines) is 1. The highest BCUT2D eigenvalue weighted by Crippen LogP contribution is 2.48. The Labute approximate surface area is 416 Å². The van der Waals surface area contributed by atoms with Crippen LogP contribution in [0.3, 0.4) is 0 Å². The van der Waals surface area contributed by atoms with Crippen molar-refractivity contribution >= 4 is 46.1 Å². The maximum atomic E-state index is 14.8. The van der Waals surface area contributed by atoms with Gasteiger partial charge >= 0.3 is 0 Å². The SMILES string of the molecule is CC(=O)N1CCc2c(c(N3CCCc4cc(-c5cnn(C)c5)c(C(F)F)cc43)nn2C2CCN(CC3CCN(c4ccc(N5CCC6(CC5)CCN(c5ccc(C#N)c(Cl)c5)C6C)cc4)CC3)CC2)C1. The Morgan fingerprint density at radius 2 is 1.57 bits per heavy atom. The first-order valence-electron chi connectivity index (χ1n) is 25.8. The third-order valence-electron chi connectivity index (χ3n) is 17.4. The summed E-state index contributed by atoms with van der Waals surface area (Å²) in [7, 11) is 1.80. The van der Waals surface area contributed by atoms with E-state index in [0.29, 0.717) is 58.7 Å². The minimum Gasteiger partial charge on any atom is -0.372 e. The molecule has 1 spiro atoms. The monoisotopic (exact) mass is 970 g/mol. The number of hydrogen-bond donors (Lipinski definition) is 0. The van der Waals surface area contributed by atoms with E-state index >= 15 is 0 Å². The smallest absolute Gasteiger partial charge is 0.264 e. The normalized spacial score (nSPS) is 21.2. The van der Waals surface area contributed by atoms with Crippen molar-refractivity contribution in [2.45, 2.75) is 103 Å². The summed E-state index contributed by atoms with van der Waals surface area (Å²) in [5.74, 6) is 1.54. The fraction of sp³-hybridized carbons (Fsp3) is 0.527. The van der Waals surface area contributed by atoms with E-state index in [1.807, 2.05) is 23.1 Å². The molecule has 6 aliphatic rings. The molecule has 1 amide bonds. The number of carbonyl (C=O) groups is 1. The summed E-state index contributed by atoms with van der Waals surface area (Å²) in [6.45, 7) is 14.3. The molecule has 3 aromatic carbocycles. The highest BCUT2D eigenvalue weighted by molar-refractivity contribution is 6.32. The lowest BCUT2D eigenvalue weighted by Crippen LogP contribution is -2.46. The topological polar surface area (TPSA) is 95.9 Å². The van der Waals surface area contributed by atoms with Crippen LogP contribution in [0.15, 0.2) is 67.0 Å². The molecular weight excluding hydrogens is 904 g/mol. The van der Waals surface area contributed by atoms with Gasteiger partial charge in [-0.3, -0.25) is 14.2 Å². The molecule has 0 radical (unpaired) electrons. The maximum absolute atomic E-state index is 14.8. The summed E-state index contributed by atoms with van der Waals surface area (Å²) in [6.07, 6.45) is 11.2. The fourth-order valence-electron chi connectivity index (χ4n) is 13.1. The number of carbonyl (C=O) groups excluding carboxylic acids is 1. The number of nitriles is 1. The fourth-order valence-corrected chi connectivity index (χ4v) is 13.3. The van der Waals surface area contributed by atoms with Crippen molar-refractivity contribution in [1.82, 2.24) is 29.4 Å². The molecule has 8 heterocycles. The van der Waals surface area contributed by atoms with Gasteiger partial charge in [0.2, 0.25) is 5.91 Å². The number of hydrogen-bond acceptors (Lipinski definition) is 9. The van der Waals surface area contributed by atoms with E-state index in [1.165, 1.54) is 49.2 Å². The number of fused-ring (bicyclic) bond motifs is 2. The molecule has 4 saturated heterocycles. The number of nitrogens with zero attached hydrogens (tertiary/aromatic N) is 11. The second kappa shape index (κ2) is 19.2. The second-order valence-corrected chi connectivity index (χ2v) is 21.5. The van der Waals surface area contributed by atoms with Crippen molar-refractivity contribution in [2.24, 2.45) is 18.4 Å². The van der Waals surface area contributed by atoms with Gasteiger partial charge in [-0.05, 0) is 142 Å². The van der Waals surface area contributed by atoms with Gasteiger partial charge in [0.15, 0.2) is 5.82 Å². The predicted octanol–water partition coefficient (Wildman–Crippen LogP) is 10.2. The van der Waals surface area contributed by atoms with E-state index in [0.717, 1.165) is 113 Å². The van der Waals surface area contributed by atoms with Gasteiger partial charge in [0.1, 0.15) is 6.07 Å². The van der Waals surface area contributed by atoms with Gasteiger partial charge < -0.3 is 29.4 Å². The van der Waals surface area contributed by atoms with Crippen LogP contribution >= 0.6 is 11.6 Å². The molecule has 0 saturated carbocycles. The van der Waals surface area contributed by atoms with Gasteiger partial charge in [-0.1, -0.05) is 11.6 Å². The van der Waals surface area contributed by atoms with E-state index in [1.54, 1.807) is 37.1 Å². The van der Waals surface area contributed by atoms with Crippen LogP contribution in [0.25, 0.3) is 11.1 Å². The van der Waals surface area contributed by atoms with Gasteiger partial charge in [0.05, 0.1) is 29.4 Å². The van der Waals surface area contributed by atoms with Crippen molar-refractivity contribution in [3.8, 4) is 17.2 Å². The predicted molar refractivity (Wildman–Crippen MR) is 274 cm³/mol. The molecule has 12 nitrogen and oxygen atoms in total. The Balaban J connectivity index is 0.694. The lowest BCUT2D eigenvalue weighted by molar-refractivity contribution is -0.129. The zero-order chi connectivity index (χ0) is 48.3. The largest absolute Gasteiger partial charge is 0.372 e. The number of alkyl halides is 2. The van der Waals surface area contributed by atoms with E-state index in [4.69, 9.17) is 16.7 Å². The van der Waals surface area contributed by atoms with Crippen molar-refractivity contribution < 1.29 is 13.6 Å². The molecule has 1 atom stereocenters. The number of aryl methyl sites for hydroxylation is 2. The highest BCUT2D eigenvalue weighted by Gasteiger charge is 2.46. The van der Waals surface area contributed by atoms with Crippen LogP contribution in [-0.2, 0) is 31.2 Å². The molecule has 6 aliphatic heterocycles. The Morgan fingerprint density at radius 3 is 2.23 bits per heavy atom. The van der Waals surface area contributed by atoms with Gasteiger partial charge in [-0.2, -0.15) is 15.5 Å². The van der Waals surface area contributed by atoms with E-state index < -0.39 is 6.43 Å². The lowest BCUT2D eigenvalue weighted by Gasteiger charge is -2.44. The van der Waals surface area contributed by atoms with Gasteiger partial charge in [0, 0.05) is 143 Å². The number of benzene rings is 3. The molecule has 368 valence electrons. The molecule has 0 N–H and O–H groups in total. The minimum atomic E-state index is -2.64. The van der Waals surface area contributed by atoms with Crippen LogP contribution in [0.2, 0.25) is 5.02 Å². The Hall–Kier alpha value is -5.65. The molecule has 0 aliphatic carbocycles. The van der Waals surface area contributed by atoms with E-state index in [-0.39, 0.29) is 17.5 Å². The highest BCUT2D eigenvalue weighted by atomic mass is 35.5. The van der Waals surface area contributed by atoms with Crippen LogP contribution in [0, 0.1) is 22.7 Å². The number of halogens is 3. The molecule has 5 aromatic rings. The summed E-state index contributed by atoms with van der Waals surface area (Å²) < 4.78 is 33.5. The van der Waals surface area contributed by atoms with Crippen molar-refractivity contribution in [2.75, 3.05) is 85.0 Å². The van der Waals surface area contributed by atoms with Gasteiger partial charge in [-0.15, -0.1) is 0 Å². The molecule has 4 fully saturated rings. The van der Waals surface area contributed by atoms with Crippen molar-refractivity contribution in [3.05, 3.63) is 100.0 Å². The van der Waals surface area contributed by atoms with Crippen LogP contribution in [-0.4, -0.2) is 107 Å². The molecule has 0 bridgehead atoms. The number of amides is 1. The summed E-state index contributed by atoms with van der Waals surface area (Å²) in [5, 5.41) is 19.6. The molecule has 2 aromatic heterocycles. The van der Waals surface area contributed by atoms with Crippen molar-refractivity contribution in [1.29, 1.82) is 5.26 Å². The number of anilines is 5. The zero-order valence-corrected chi connectivity index (χ0v) is 41.7. The first kappa shape index (κ1) is 46.7. The van der Waals surface area contributed by atoms with Crippen LogP contribution in [0.4, 0.5) is 37.3 Å². The average Bonchev–Trinajstić information content (AvgIpc) is 4.08. The average molecular weight is 971 g/mol. The molecule has 15 heteroatoms. The van der Waals surface area contributed by atoms with Crippen LogP contribution in [0.5, 0.6) is 0 Å². The third-order valence-corrected chi connectivity index (χ3v) is 17.7. The lowest BCUT2D eigenvalue weighted by atomic mass is 9.73. The van der Waals surface area contributed by atoms with Gasteiger partial charge in [-0.25, -0.2) is 8.78 Å². The zero-order valence-electron chi connectivity index (χ0n) is 41.0. The van der Waals surface area contributed by atoms with E-state index in [9.17, 15) is 18.8 Å². The van der Waals surface area contributed by atoms with Crippen LogP contribution in [0.1, 0.15) is 106 Å². The summed E-state index contributed by atoms with van der Waals surface area (Å²) in [5.41, 5.74) is 9.92. The first-order valence-corrected chi connectivity index (χ1v) is 26.2. The number of rotatable bonds is 9. The molecule has 11 rings (SSSR count). The van der Waals surface area contributed by atoms with Crippen molar-refractivity contribution in [3.63, 3.8) is 0 Å².